The minimum absolute atomic E-state index is 0.151. The molecule has 1 aromatic carbocycles. The van der Waals surface area contributed by atoms with Gasteiger partial charge in [-0.1, -0.05) is 12.1 Å². The lowest BCUT2D eigenvalue weighted by Crippen LogP contribution is -2.27. The van der Waals surface area contributed by atoms with E-state index in [1.165, 1.54) is 12.1 Å². The first-order valence-corrected chi connectivity index (χ1v) is 8.60. The number of amides is 1. The highest BCUT2D eigenvalue weighted by Gasteiger charge is 2.32. The van der Waals surface area contributed by atoms with Gasteiger partial charge in [-0.3, -0.25) is 9.48 Å². The monoisotopic (exact) mass is 365 g/mol. The molecular formula is C19H22F3N3O. The van der Waals surface area contributed by atoms with Crippen LogP contribution in [0.3, 0.4) is 0 Å². The fourth-order valence-electron chi connectivity index (χ4n) is 2.80. The second-order valence-electron chi connectivity index (χ2n) is 7.69. The summed E-state index contributed by atoms with van der Waals surface area (Å²) in [6.45, 7) is 6.26. The average Bonchev–Trinajstić information content (AvgIpc) is 3.29. The molecule has 1 amide bonds. The third-order valence-electron chi connectivity index (χ3n) is 4.33. The number of hydrogen-bond donors (Lipinski definition) is 1. The highest BCUT2D eigenvalue weighted by atomic mass is 19.4. The lowest BCUT2D eigenvalue weighted by molar-refractivity contribution is -0.137. The van der Waals surface area contributed by atoms with Crippen molar-refractivity contribution in [3.63, 3.8) is 0 Å². The van der Waals surface area contributed by atoms with E-state index in [2.05, 4.69) is 10.4 Å². The van der Waals surface area contributed by atoms with Gasteiger partial charge in [0, 0.05) is 18.2 Å². The molecule has 0 radical (unpaired) electrons. The minimum atomic E-state index is -4.36. The fraction of sp³-hybridized carbons (Fsp3) is 0.474. The highest BCUT2D eigenvalue weighted by Crippen LogP contribution is 2.41. The van der Waals surface area contributed by atoms with Crippen molar-refractivity contribution in [3.8, 4) is 0 Å². The molecule has 4 nitrogen and oxygen atoms in total. The van der Waals surface area contributed by atoms with E-state index in [0.29, 0.717) is 17.2 Å². The van der Waals surface area contributed by atoms with Gasteiger partial charge in [0.1, 0.15) is 5.69 Å². The van der Waals surface area contributed by atoms with Gasteiger partial charge in [-0.05, 0) is 57.4 Å². The smallest absolute Gasteiger partial charge is 0.347 e. The van der Waals surface area contributed by atoms with Gasteiger partial charge in [0.25, 0.3) is 5.91 Å². The second-order valence-corrected chi connectivity index (χ2v) is 7.69. The molecule has 1 aliphatic rings. The molecular weight excluding hydrogens is 343 g/mol. The van der Waals surface area contributed by atoms with Gasteiger partial charge in [-0.2, -0.15) is 18.3 Å². The SMILES string of the molecule is CC(C)(C)n1nc(C(=O)NCc2ccc(C(F)(F)F)cc2)cc1C1CC1. The first-order chi connectivity index (χ1) is 12.1. The van der Waals surface area contributed by atoms with Crippen molar-refractivity contribution in [2.24, 2.45) is 0 Å². The molecule has 1 N–H and O–H groups in total. The fourth-order valence-corrected chi connectivity index (χ4v) is 2.80. The number of nitrogens with one attached hydrogen (secondary N) is 1. The van der Waals surface area contributed by atoms with Crippen LogP contribution in [0.2, 0.25) is 0 Å². The van der Waals surface area contributed by atoms with Crippen molar-refractivity contribution in [3.05, 3.63) is 52.8 Å². The van der Waals surface area contributed by atoms with Gasteiger partial charge in [0.05, 0.1) is 11.1 Å². The molecule has 0 saturated heterocycles. The Balaban J connectivity index is 1.69. The van der Waals surface area contributed by atoms with Crippen LogP contribution in [0.5, 0.6) is 0 Å². The third-order valence-corrected chi connectivity index (χ3v) is 4.33. The van der Waals surface area contributed by atoms with Crippen LogP contribution in [0, 0.1) is 0 Å². The molecule has 1 fully saturated rings. The van der Waals surface area contributed by atoms with E-state index in [9.17, 15) is 18.0 Å². The van der Waals surface area contributed by atoms with E-state index in [0.717, 1.165) is 30.7 Å². The summed E-state index contributed by atoms with van der Waals surface area (Å²) in [5, 5.41) is 7.19. The Bertz CT molecular complexity index is 797. The molecule has 0 unspecified atom stereocenters. The molecule has 2 aromatic rings. The summed E-state index contributed by atoms with van der Waals surface area (Å²) in [5.74, 6) is 0.132. The van der Waals surface area contributed by atoms with E-state index in [1.54, 1.807) is 0 Å². The predicted molar refractivity (Wildman–Crippen MR) is 91.8 cm³/mol. The molecule has 0 bridgehead atoms. The Morgan fingerprint density at radius 3 is 2.31 bits per heavy atom. The molecule has 0 aliphatic heterocycles. The summed E-state index contributed by atoms with van der Waals surface area (Å²) < 4.78 is 39.6. The van der Waals surface area contributed by atoms with Gasteiger partial charge in [-0.25, -0.2) is 0 Å². The molecule has 1 aromatic heterocycles. The number of halogens is 3. The Morgan fingerprint density at radius 2 is 1.81 bits per heavy atom. The maximum atomic E-state index is 12.6. The highest BCUT2D eigenvalue weighted by molar-refractivity contribution is 5.92. The number of aromatic nitrogens is 2. The second kappa shape index (κ2) is 6.45. The number of benzene rings is 1. The Hall–Kier alpha value is -2.31. The van der Waals surface area contributed by atoms with Crippen LogP contribution in [-0.4, -0.2) is 15.7 Å². The summed E-state index contributed by atoms with van der Waals surface area (Å²) >= 11 is 0. The molecule has 140 valence electrons. The van der Waals surface area contributed by atoms with E-state index < -0.39 is 11.7 Å². The molecule has 0 atom stereocenters. The number of carbonyl (C=O) groups is 1. The van der Waals surface area contributed by atoms with E-state index in [-0.39, 0.29) is 18.0 Å². The number of alkyl halides is 3. The van der Waals surface area contributed by atoms with Gasteiger partial charge in [0.15, 0.2) is 0 Å². The molecule has 1 aliphatic carbocycles. The summed E-state index contributed by atoms with van der Waals surface area (Å²) in [5.41, 5.74) is 1.09. The Labute approximate surface area is 150 Å². The van der Waals surface area contributed by atoms with Crippen molar-refractivity contribution >= 4 is 5.91 Å². The van der Waals surface area contributed by atoms with Crippen molar-refractivity contribution in [1.82, 2.24) is 15.1 Å². The van der Waals surface area contributed by atoms with Gasteiger partial charge < -0.3 is 5.32 Å². The van der Waals surface area contributed by atoms with E-state index in [4.69, 9.17) is 0 Å². The number of hydrogen-bond acceptors (Lipinski definition) is 2. The topological polar surface area (TPSA) is 46.9 Å². The number of nitrogens with zero attached hydrogens (tertiary/aromatic N) is 2. The zero-order chi connectivity index (χ0) is 19.1. The zero-order valence-electron chi connectivity index (χ0n) is 15.0. The summed E-state index contributed by atoms with van der Waals surface area (Å²) in [4.78, 5) is 12.4. The summed E-state index contributed by atoms with van der Waals surface area (Å²) in [6.07, 6.45) is -2.15. The average molecular weight is 365 g/mol. The van der Waals surface area contributed by atoms with Crippen LogP contribution in [0.15, 0.2) is 30.3 Å². The molecule has 0 spiro atoms. The van der Waals surface area contributed by atoms with E-state index in [1.807, 2.05) is 31.5 Å². The Kier molecular flexibility index (Phi) is 4.58. The zero-order valence-corrected chi connectivity index (χ0v) is 15.0. The normalized spacial score (nSPS) is 15.2. The maximum absolute atomic E-state index is 12.6. The molecule has 1 heterocycles. The van der Waals surface area contributed by atoms with Crippen LogP contribution < -0.4 is 5.32 Å². The standard InChI is InChI=1S/C19H22F3N3O/c1-18(2,3)25-16(13-6-7-13)10-15(24-25)17(26)23-11-12-4-8-14(9-5-12)19(20,21)22/h4-5,8-10,13H,6-7,11H2,1-3H3,(H,23,26). The quantitative estimate of drug-likeness (QED) is 0.869. The van der Waals surface area contributed by atoms with Crippen molar-refractivity contribution in [2.45, 2.75) is 57.8 Å². The summed E-state index contributed by atoms with van der Waals surface area (Å²) in [7, 11) is 0. The van der Waals surface area contributed by atoms with Crippen LogP contribution in [0.1, 0.15) is 66.8 Å². The van der Waals surface area contributed by atoms with Crippen LogP contribution in [-0.2, 0) is 18.3 Å². The van der Waals surface area contributed by atoms with Crippen molar-refractivity contribution in [2.75, 3.05) is 0 Å². The van der Waals surface area contributed by atoms with E-state index >= 15 is 0 Å². The van der Waals surface area contributed by atoms with Gasteiger partial charge in [0.2, 0.25) is 0 Å². The first kappa shape index (κ1) is 18.5. The molecule has 1 saturated carbocycles. The van der Waals surface area contributed by atoms with Crippen LogP contribution >= 0.6 is 0 Å². The number of rotatable bonds is 4. The van der Waals surface area contributed by atoms with Crippen LogP contribution in [0.25, 0.3) is 0 Å². The number of carbonyl (C=O) groups excluding carboxylic acids is 1. The molecule has 3 rings (SSSR count). The van der Waals surface area contributed by atoms with Crippen molar-refractivity contribution < 1.29 is 18.0 Å². The maximum Gasteiger partial charge on any atom is 0.416 e. The third kappa shape index (κ3) is 4.08. The van der Waals surface area contributed by atoms with Crippen molar-refractivity contribution in [1.29, 1.82) is 0 Å². The van der Waals surface area contributed by atoms with Gasteiger partial charge in [-0.15, -0.1) is 0 Å². The molecule has 26 heavy (non-hydrogen) atoms. The predicted octanol–water partition coefficient (Wildman–Crippen LogP) is 4.46. The lowest BCUT2D eigenvalue weighted by Gasteiger charge is -2.22. The van der Waals surface area contributed by atoms with Crippen LogP contribution in [0.4, 0.5) is 13.2 Å². The lowest BCUT2D eigenvalue weighted by atomic mass is 10.1. The Morgan fingerprint density at radius 1 is 1.19 bits per heavy atom. The summed E-state index contributed by atoms with van der Waals surface area (Å²) in [6, 6.07) is 6.59. The minimum Gasteiger partial charge on any atom is -0.347 e. The largest absolute Gasteiger partial charge is 0.416 e. The molecule has 7 heteroatoms. The van der Waals surface area contributed by atoms with Gasteiger partial charge >= 0.3 is 6.18 Å². The first-order valence-electron chi connectivity index (χ1n) is 8.60.